The number of unbranched alkanes of at least 4 members (excludes halogenated alkanes) is 19. The summed E-state index contributed by atoms with van der Waals surface area (Å²) in [5, 5.41) is 0. The summed E-state index contributed by atoms with van der Waals surface area (Å²) in [7, 11) is -4.36. The first-order valence-corrected chi connectivity index (χ1v) is 15.0. The van der Waals surface area contributed by atoms with Crippen molar-refractivity contribution in [2.45, 2.75) is 147 Å². The zero-order chi connectivity index (χ0) is 23.3. The molecular weight excluding hydrogens is 439 g/mol. The summed E-state index contributed by atoms with van der Waals surface area (Å²) in [5.41, 5.74) is 0.671. The Balaban J connectivity index is 0.0000102. The fourth-order valence-electron chi connectivity index (χ4n) is 4.52. The summed E-state index contributed by atoms with van der Waals surface area (Å²) in [4.78, 5) is -0.0437. The van der Waals surface area contributed by atoms with Gasteiger partial charge in [-0.25, -0.2) is 8.42 Å². The first-order valence-electron chi connectivity index (χ1n) is 13.6. The molecule has 1 aromatic rings. The van der Waals surface area contributed by atoms with Crippen LogP contribution in [-0.4, -0.2) is 13.0 Å². The maximum atomic E-state index is 11.3. The van der Waals surface area contributed by atoms with E-state index >= 15 is 0 Å². The first-order chi connectivity index (χ1) is 15.6. The SMILES string of the molecule is CCCCCCCCCCCCCCCCCCCCCCc1ccccc1S(=O)(=O)[O-].[Na+]. The average molecular weight is 489 g/mol. The molecule has 0 radical (unpaired) electrons. The van der Waals surface area contributed by atoms with Crippen LogP contribution in [0.25, 0.3) is 0 Å². The van der Waals surface area contributed by atoms with Gasteiger partial charge in [0.2, 0.25) is 0 Å². The smallest absolute Gasteiger partial charge is 0.744 e. The van der Waals surface area contributed by atoms with E-state index in [4.69, 9.17) is 0 Å². The molecule has 0 spiro atoms. The minimum atomic E-state index is -4.36. The predicted molar refractivity (Wildman–Crippen MR) is 136 cm³/mol. The fraction of sp³-hybridized carbons (Fsp3) is 0.786. The second-order valence-electron chi connectivity index (χ2n) is 9.53. The normalized spacial score (nSPS) is 11.5. The largest absolute Gasteiger partial charge is 1.00 e. The summed E-state index contributed by atoms with van der Waals surface area (Å²) in [6.45, 7) is 2.28. The van der Waals surface area contributed by atoms with E-state index in [2.05, 4.69) is 6.92 Å². The quantitative estimate of drug-likeness (QED) is 0.115. The molecule has 0 amide bonds. The van der Waals surface area contributed by atoms with E-state index in [1.807, 2.05) is 0 Å². The van der Waals surface area contributed by atoms with E-state index in [0.717, 1.165) is 12.8 Å². The molecule has 33 heavy (non-hydrogen) atoms. The van der Waals surface area contributed by atoms with Crippen molar-refractivity contribution in [1.29, 1.82) is 0 Å². The summed E-state index contributed by atoms with van der Waals surface area (Å²) in [6.07, 6.45) is 27.7. The van der Waals surface area contributed by atoms with Gasteiger partial charge < -0.3 is 4.55 Å². The predicted octanol–water partition coefficient (Wildman–Crippen LogP) is 5.96. The Labute approximate surface area is 228 Å². The third kappa shape index (κ3) is 19.0. The van der Waals surface area contributed by atoms with Gasteiger partial charge in [-0.3, -0.25) is 0 Å². The van der Waals surface area contributed by atoms with Crippen molar-refractivity contribution in [2.24, 2.45) is 0 Å². The number of rotatable bonds is 22. The Morgan fingerprint density at radius 1 is 0.576 bits per heavy atom. The van der Waals surface area contributed by atoms with Crippen LogP contribution in [0.3, 0.4) is 0 Å². The maximum Gasteiger partial charge on any atom is 1.00 e. The average Bonchev–Trinajstić information content (AvgIpc) is 2.77. The molecule has 1 aromatic carbocycles. The van der Waals surface area contributed by atoms with Gasteiger partial charge in [-0.1, -0.05) is 147 Å². The summed E-state index contributed by atoms with van der Waals surface area (Å²) >= 11 is 0. The molecule has 0 aliphatic rings. The van der Waals surface area contributed by atoms with Crippen molar-refractivity contribution < 1.29 is 42.5 Å². The van der Waals surface area contributed by atoms with Crippen LogP contribution in [0.5, 0.6) is 0 Å². The molecule has 0 heterocycles. The van der Waals surface area contributed by atoms with Crippen molar-refractivity contribution in [3.63, 3.8) is 0 Å². The molecule has 0 fully saturated rings. The van der Waals surface area contributed by atoms with Gasteiger partial charge in [0, 0.05) is 0 Å². The van der Waals surface area contributed by atoms with E-state index in [0.29, 0.717) is 12.0 Å². The van der Waals surface area contributed by atoms with Gasteiger partial charge in [0.15, 0.2) is 0 Å². The molecule has 0 saturated carbocycles. The molecule has 0 bridgehead atoms. The minimum Gasteiger partial charge on any atom is -0.744 e. The van der Waals surface area contributed by atoms with Crippen LogP contribution in [0.2, 0.25) is 0 Å². The Kier molecular flexibility index (Phi) is 22.7. The van der Waals surface area contributed by atoms with Crippen LogP contribution in [0.1, 0.15) is 141 Å². The monoisotopic (exact) mass is 488 g/mol. The molecule has 3 nitrogen and oxygen atoms in total. The van der Waals surface area contributed by atoms with E-state index in [1.54, 1.807) is 18.2 Å². The summed E-state index contributed by atoms with van der Waals surface area (Å²) in [6, 6.07) is 6.61. The molecule has 0 N–H and O–H groups in total. The fourth-order valence-corrected chi connectivity index (χ4v) is 5.26. The maximum absolute atomic E-state index is 11.3. The molecule has 0 unspecified atom stereocenters. The Morgan fingerprint density at radius 3 is 1.27 bits per heavy atom. The Hall–Kier alpha value is 0.130. The molecule has 1 rings (SSSR count). The molecule has 0 atom stereocenters. The second kappa shape index (κ2) is 22.6. The zero-order valence-corrected chi connectivity index (χ0v) is 24.6. The topological polar surface area (TPSA) is 57.2 Å². The third-order valence-corrected chi connectivity index (χ3v) is 7.48. The van der Waals surface area contributed by atoms with Gasteiger partial charge >= 0.3 is 29.6 Å². The number of hydrogen-bond acceptors (Lipinski definition) is 3. The molecule has 0 saturated heterocycles. The van der Waals surface area contributed by atoms with Crippen LogP contribution in [-0.2, 0) is 16.5 Å². The zero-order valence-electron chi connectivity index (χ0n) is 21.8. The van der Waals surface area contributed by atoms with Gasteiger partial charge in [-0.05, 0) is 24.5 Å². The van der Waals surface area contributed by atoms with E-state index in [9.17, 15) is 13.0 Å². The van der Waals surface area contributed by atoms with Gasteiger partial charge in [-0.15, -0.1) is 0 Å². The number of benzene rings is 1. The standard InChI is InChI=1S/C28H50O3S.Na/c1-2-3-4-5-6-7-8-9-10-11-12-13-14-15-16-17-18-19-20-21-24-27-25-22-23-26-28(27)32(29,30)31;/h22-23,25-26H,2-21,24H2,1H3,(H,29,30,31);/q;+1/p-1. The second-order valence-corrected chi connectivity index (χ2v) is 10.9. The molecule has 5 heteroatoms. The van der Waals surface area contributed by atoms with Crippen LogP contribution >= 0.6 is 0 Å². The van der Waals surface area contributed by atoms with Crippen molar-refractivity contribution >= 4 is 10.1 Å². The van der Waals surface area contributed by atoms with Crippen molar-refractivity contribution in [3.8, 4) is 0 Å². The van der Waals surface area contributed by atoms with Gasteiger partial charge in [0.25, 0.3) is 0 Å². The molecular formula is C28H49NaO3S. The van der Waals surface area contributed by atoms with Crippen LogP contribution in [0.4, 0.5) is 0 Å². The molecule has 0 aliphatic heterocycles. The van der Waals surface area contributed by atoms with E-state index in [-0.39, 0.29) is 34.5 Å². The Bertz CT molecular complexity index is 661. The van der Waals surface area contributed by atoms with Gasteiger partial charge in [-0.2, -0.15) is 0 Å². The molecule has 186 valence electrons. The number of aryl methyl sites for hydroxylation is 1. The molecule has 0 aliphatic carbocycles. The van der Waals surface area contributed by atoms with E-state index in [1.165, 1.54) is 122 Å². The van der Waals surface area contributed by atoms with Crippen molar-refractivity contribution in [1.82, 2.24) is 0 Å². The summed E-state index contributed by atoms with van der Waals surface area (Å²) < 4.78 is 33.9. The minimum absolute atomic E-state index is 0. The number of hydrogen-bond donors (Lipinski definition) is 0. The van der Waals surface area contributed by atoms with Crippen LogP contribution in [0, 0.1) is 0 Å². The Morgan fingerprint density at radius 2 is 0.909 bits per heavy atom. The van der Waals surface area contributed by atoms with E-state index < -0.39 is 10.1 Å². The first kappa shape index (κ1) is 33.1. The van der Waals surface area contributed by atoms with Crippen molar-refractivity contribution in [2.75, 3.05) is 0 Å². The van der Waals surface area contributed by atoms with Crippen LogP contribution < -0.4 is 29.6 Å². The molecule has 0 aromatic heterocycles. The van der Waals surface area contributed by atoms with Crippen molar-refractivity contribution in [3.05, 3.63) is 29.8 Å². The summed E-state index contributed by atoms with van der Waals surface area (Å²) in [5.74, 6) is 0. The third-order valence-electron chi connectivity index (χ3n) is 6.54. The van der Waals surface area contributed by atoms with Gasteiger partial charge in [0.05, 0.1) is 4.90 Å². The van der Waals surface area contributed by atoms with Gasteiger partial charge in [0.1, 0.15) is 10.1 Å². The van der Waals surface area contributed by atoms with Crippen LogP contribution in [0.15, 0.2) is 29.2 Å².